The van der Waals surface area contributed by atoms with E-state index in [0.29, 0.717) is 16.9 Å². The fraction of sp³-hybridized carbons (Fsp3) is 0.739. The van der Waals surface area contributed by atoms with Gasteiger partial charge in [-0.1, -0.05) is 26.8 Å². The van der Waals surface area contributed by atoms with Crippen LogP contribution in [0.15, 0.2) is 18.2 Å². The molecule has 2 fully saturated rings. The maximum absolute atomic E-state index is 9.83. The molecule has 0 aliphatic heterocycles. The Balaban J connectivity index is 1.49. The minimum Gasteiger partial charge on any atom is -0.508 e. The summed E-state index contributed by atoms with van der Waals surface area (Å²) in [6.07, 6.45) is 8.21. The SMILES string of the molecule is CC(C)(C)[Si](C)(C)OC1CC2CCC3Cc4cc(O)ccc4CC3C2C1. The smallest absolute Gasteiger partial charge is 0.192 e. The van der Waals surface area contributed by atoms with E-state index in [-0.39, 0.29) is 0 Å². The van der Waals surface area contributed by atoms with E-state index in [2.05, 4.69) is 39.9 Å². The van der Waals surface area contributed by atoms with Crippen molar-refractivity contribution < 1.29 is 9.53 Å². The molecule has 1 aromatic carbocycles. The van der Waals surface area contributed by atoms with Crippen LogP contribution in [0.1, 0.15) is 57.6 Å². The molecule has 0 aromatic heterocycles. The van der Waals surface area contributed by atoms with Gasteiger partial charge < -0.3 is 9.53 Å². The van der Waals surface area contributed by atoms with Gasteiger partial charge in [0.25, 0.3) is 0 Å². The van der Waals surface area contributed by atoms with Crippen LogP contribution in [0, 0.1) is 23.7 Å². The van der Waals surface area contributed by atoms with Crippen LogP contribution in [0.2, 0.25) is 18.1 Å². The molecule has 0 radical (unpaired) electrons. The van der Waals surface area contributed by atoms with Crippen molar-refractivity contribution >= 4 is 8.32 Å². The van der Waals surface area contributed by atoms with Crippen LogP contribution in [-0.2, 0) is 17.3 Å². The highest BCUT2D eigenvalue weighted by Crippen LogP contribution is 2.53. The quantitative estimate of drug-likeness (QED) is 0.652. The first-order valence-electron chi connectivity index (χ1n) is 10.6. The first-order valence-corrected chi connectivity index (χ1v) is 13.5. The number of phenolic OH excluding ortho intramolecular Hbond substituents is 1. The van der Waals surface area contributed by atoms with Gasteiger partial charge in [0, 0.05) is 6.10 Å². The summed E-state index contributed by atoms with van der Waals surface area (Å²) in [4.78, 5) is 0. The average Bonchev–Trinajstić information content (AvgIpc) is 2.94. The van der Waals surface area contributed by atoms with Gasteiger partial charge >= 0.3 is 0 Å². The van der Waals surface area contributed by atoms with Crippen LogP contribution in [0.4, 0.5) is 0 Å². The van der Waals surface area contributed by atoms with E-state index in [4.69, 9.17) is 4.43 Å². The lowest BCUT2D eigenvalue weighted by Crippen LogP contribution is -2.43. The van der Waals surface area contributed by atoms with Gasteiger partial charge in [0.1, 0.15) is 5.75 Å². The third-order valence-corrected chi connectivity index (χ3v) is 12.7. The molecule has 0 amide bonds. The zero-order valence-electron chi connectivity index (χ0n) is 17.2. The van der Waals surface area contributed by atoms with Gasteiger partial charge in [-0.15, -0.1) is 0 Å². The van der Waals surface area contributed by atoms with Crippen LogP contribution in [0.5, 0.6) is 5.75 Å². The van der Waals surface area contributed by atoms with Gasteiger partial charge in [-0.05, 0) is 104 Å². The van der Waals surface area contributed by atoms with Crippen molar-refractivity contribution in [2.24, 2.45) is 23.7 Å². The molecule has 0 spiro atoms. The molecular formula is C23H36O2Si. The van der Waals surface area contributed by atoms with Crippen molar-refractivity contribution in [3.63, 3.8) is 0 Å². The summed E-state index contributed by atoms with van der Waals surface area (Å²) < 4.78 is 6.83. The standard InChI is InChI=1S/C23H36O2Si/c1-23(2,3)26(4,5)25-20-12-17-7-6-16-10-18-11-19(24)9-8-15(18)13-21(16)22(17)14-20/h8-9,11,16-17,20-22,24H,6-7,10,12-14H2,1-5H3. The Labute approximate surface area is 160 Å². The van der Waals surface area contributed by atoms with Gasteiger partial charge in [-0.25, -0.2) is 0 Å². The van der Waals surface area contributed by atoms with E-state index in [1.807, 2.05) is 12.1 Å². The Bertz CT molecular complexity index is 675. The second kappa shape index (κ2) is 6.37. The Hall–Kier alpha value is -0.803. The lowest BCUT2D eigenvalue weighted by molar-refractivity contribution is 0.100. The molecule has 3 aliphatic carbocycles. The second-order valence-electron chi connectivity index (χ2n) is 10.8. The summed E-state index contributed by atoms with van der Waals surface area (Å²) in [5, 5.41) is 10.1. The lowest BCUT2D eigenvalue weighted by atomic mass is 9.61. The van der Waals surface area contributed by atoms with Gasteiger partial charge in [0.2, 0.25) is 0 Å². The molecular weight excluding hydrogens is 336 g/mol. The van der Waals surface area contributed by atoms with E-state index in [1.54, 1.807) is 0 Å². The number of hydrogen-bond acceptors (Lipinski definition) is 2. The molecule has 26 heavy (non-hydrogen) atoms. The highest BCUT2D eigenvalue weighted by atomic mass is 28.4. The molecule has 2 nitrogen and oxygen atoms in total. The highest BCUT2D eigenvalue weighted by Gasteiger charge is 2.49. The third-order valence-electron chi connectivity index (χ3n) is 8.16. The van der Waals surface area contributed by atoms with E-state index < -0.39 is 8.32 Å². The zero-order chi connectivity index (χ0) is 18.7. The van der Waals surface area contributed by atoms with E-state index in [0.717, 1.165) is 23.7 Å². The van der Waals surface area contributed by atoms with Gasteiger partial charge in [0.05, 0.1) is 0 Å². The summed E-state index contributed by atoms with van der Waals surface area (Å²) in [7, 11) is -1.67. The van der Waals surface area contributed by atoms with Crippen LogP contribution < -0.4 is 0 Å². The number of hydrogen-bond donors (Lipinski definition) is 1. The summed E-state index contributed by atoms with van der Waals surface area (Å²) in [6.45, 7) is 11.9. The maximum atomic E-state index is 9.83. The van der Waals surface area contributed by atoms with Crippen molar-refractivity contribution in [3.8, 4) is 5.75 Å². The molecule has 0 heterocycles. The minimum atomic E-state index is -1.67. The summed E-state index contributed by atoms with van der Waals surface area (Å²) in [6, 6.07) is 6.05. The number of rotatable bonds is 2. The largest absolute Gasteiger partial charge is 0.508 e. The summed E-state index contributed by atoms with van der Waals surface area (Å²) in [5.74, 6) is 3.81. The van der Waals surface area contributed by atoms with Gasteiger partial charge in [-0.3, -0.25) is 0 Å². The average molecular weight is 373 g/mol. The first-order chi connectivity index (χ1) is 12.1. The monoisotopic (exact) mass is 372 g/mol. The zero-order valence-corrected chi connectivity index (χ0v) is 18.2. The van der Waals surface area contributed by atoms with Crippen molar-refractivity contribution in [1.82, 2.24) is 0 Å². The highest BCUT2D eigenvalue weighted by molar-refractivity contribution is 6.74. The molecule has 144 valence electrons. The lowest BCUT2D eigenvalue weighted by Gasteiger charge is -2.43. The predicted molar refractivity (Wildman–Crippen MR) is 110 cm³/mol. The Kier molecular flexibility index (Phi) is 4.55. The number of benzene rings is 1. The Morgan fingerprint density at radius 2 is 1.69 bits per heavy atom. The maximum Gasteiger partial charge on any atom is 0.192 e. The molecule has 1 aromatic rings. The molecule has 0 saturated heterocycles. The van der Waals surface area contributed by atoms with E-state index in [9.17, 15) is 5.11 Å². The molecule has 4 rings (SSSR count). The Morgan fingerprint density at radius 1 is 0.962 bits per heavy atom. The minimum absolute atomic E-state index is 0.301. The van der Waals surface area contributed by atoms with Crippen LogP contribution >= 0.6 is 0 Å². The molecule has 2 saturated carbocycles. The molecule has 1 N–H and O–H groups in total. The van der Waals surface area contributed by atoms with Crippen molar-refractivity contribution in [2.45, 2.75) is 83.5 Å². The summed E-state index contributed by atoms with van der Waals surface area (Å²) in [5.41, 5.74) is 2.88. The topological polar surface area (TPSA) is 29.5 Å². The van der Waals surface area contributed by atoms with Crippen LogP contribution in [-0.4, -0.2) is 19.5 Å². The number of phenols is 1. The fourth-order valence-electron chi connectivity index (χ4n) is 5.75. The number of aromatic hydroxyl groups is 1. The van der Waals surface area contributed by atoms with Gasteiger partial charge in [-0.2, -0.15) is 0 Å². The summed E-state index contributed by atoms with van der Waals surface area (Å²) >= 11 is 0. The molecule has 3 aliphatic rings. The second-order valence-corrected chi connectivity index (χ2v) is 15.5. The molecule has 3 heteroatoms. The normalized spacial score (nSPS) is 34.1. The molecule has 5 unspecified atom stereocenters. The number of fused-ring (bicyclic) bond motifs is 4. The van der Waals surface area contributed by atoms with Gasteiger partial charge in [0.15, 0.2) is 8.32 Å². The molecule has 0 bridgehead atoms. The predicted octanol–water partition coefficient (Wildman–Crippen LogP) is 5.93. The first kappa shape index (κ1) is 18.6. The van der Waals surface area contributed by atoms with Crippen LogP contribution in [0.3, 0.4) is 0 Å². The Morgan fingerprint density at radius 3 is 2.42 bits per heavy atom. The van der Waals surface area contributed by atoms with Crippen molar-refractivity contribution in [2.75, 3.05) is 0 Å². The third kappa shape index (κ3) is 3.26. The van der Waals surface area contributed by atoms with E-state index >= 15 is 0 Å². The van der Waals surface area contributed by atoms with Crippen molar-refractivity contribution in [1.29, 1.82) is 0 Å². The van der Waals surface area contributed by atoms with Crippen LogP contribution in [0.25, 0.3) is 0 Å². The van der Waals surface area contributed by atoms with Crippen molar-refractivity contribution in [3.05, 3.63) is 29.3 Å². The van der Waals surface area contributed by atoms with E-state index in [1.165, 1.54) is 49.7 Å². The molecule has 5 atom stereocenters. The fourth-order valence-corrected chi connectivity index (χ4v) is 7.13.